The van der Waals surface area contributed by atoms with E-state index in [1.807, 2.05) is 30.3 Å². The molecule has 2 aromatic carbocycles. The lowest BCUT2D eigenvalue weighted by Gasteiger charge is -2.08. The van der Waals surface area contributed by atoms with Gasteiger partial charge in [-0.05, 0) is 35.9 Å². The van der Waals surface area contributed by atoms with Crippen LogP contribution >= 0.6 is 0 Å². The summed E-state index contributed by atoms with van der Waals surface area (Å²) in [5.41, 5.74) is 8.11. The quantitative estimate of drug-likeness (QED) is 0.383. The molecular weight excluding hydrogens is 373 g/mol. The van der Waals surface area contributed by atoms with Crippen LogP contribution in [0.2, 0.25) is 0 Å². The Morgan fingerprint density at radius 2 is 1.90 bits per heavy atom. The van der Waals surface area contributed by atoms with Gasteiger partial charge in [0.2, 0.25) is 0 Å². The van der Waals surface area contributed by atoms with Crippen molar-refractivity contribution >= 4 is 16.6 Å². The molecule has 0 saturated heterocycles. The molecular formula is C21H20FN5O2. The topological polar surface area (TPSA) is 88.1 Å². The van der Waals surface area contributed by atoms with Gasteiger partial charge in [-0.3, -0.25) is 0 Å². The minimum absolute atomic E-state index is 0.0927. The van der Waals surface area contributed by atoms with Gasteiger partial charge in [0.15, 0.2) is 11.6 Å². The summed E-state index contributed by atoms with van der Waals surface area (Å²) in [6, 6.07) is 13.0. The Morgan fingerprint density at radius 3 is 2.69 bits per heavy atom. The van der Waals surface area contributed by atoms with Gasteiger partial charge in [-0.1, -0.05) is 12.1 Å². The monoisotopic (exact) mass is 393 g/mol. The summed E-state index contributed by atoms with van der Waals surface area (Å²) in [4.78, 5) is 8.52. The average Bonchev–Trinajstić information content (AvgIpc) is 3.14. The first-order chi connectivity index (χ1) is 14.1. The number of benzene rings is 2. The van der Waals surface area contributed by atoms with Crippen LogP contribution in [-0.2, 0) is 11.2 Å². The van der Waals surface area contributed by atoms with Crippen LogP contribution in [-0.4, -0.2) is 40.1 Å². The minimum atomic E-state index is -0.553. The van der Waals surface area contributed by atoms with Gasteiger partial charge in [-0.15, -0.1) is 0 Å². The zero-order valence-electron chi connectivity index (χ0n) is 15.9. The summed E-state index contributed by atoms with van der Waals surface area (Å²) in [6.45, 7) is 1.02. The van der Waals surface area contributed by atoms with Crippen molar-refractivity contribution in [3.8, 4) is 11.6 Å². The van der Waals surface area contributed by atoms with Crippen molar-refractivity contribution < 1.29 is 13.9 Å². The lowest BCUT2D eigenvalue weighted by atomic mass is 10.1. The fraction of sp³-hybridized carbons (Fsp3) is 0.190. The van der Waals surface area contributed by atoms with Gasteiger partial charge in [0.25, 0.3) is 0 Å². The summed E-state index contributed by atoms with van der Waals surface area (Å²) in [5, 5.41) is 5.12. The van der Waals surface area contributed by atoms with Gasteiger partial charge in [0.1, 0.15) is 18.2 Å². The van der Waals surface area contributed by atoms with Gasteiger partial charge < -0.3 is 15.2 Å². The van der Waals surface area contributed by atoms with E-state index in [-0.39, 0.29) is 5.82 Å². The van der Waals surface area contributed by atoms with E-state index in [0.29, 0.717) is 36.7 Å². The Balaban J connectivity index is 1.58. The number of halogens is 1. The summed E-state index contributed by atoms with van der Waals surface area (Å²) < 4.78 is 26.4. The Morgan fingerprint density at radius 1 is 1.07 bits per heavy atom. The molecule has 0 atom stereocenters. The molecule has 0 saturated carbocycles. The second-order valence-electron chi connectivity index (χ2n) is 6.49. The maximum absolute atomic E-state index is 14.5. The van der Waals surface area contributed by atoms with Crippen LogP contribution in [0.3, 0.4) is 0 Å². The third-order valence-corrected chi connectivity index (χ3v) is 4.41. The molecule has 0 fully saturated rings. The highest BCUT2D eigenvalue weighted by Crippen LogP contribution is 2.22. The zero-order chi connectivity index (χ0) is 20.2. The number of rotatable bonds is 7. The van der Waals surface area contributed by atoms with Gasteiger partial charge in [-0.25, -0.2) is 19.0 Å². The predicted octanol–water partition coefficient (Wildman–Crippen LogP) is 3.15. The molecule has 0 amide bonds. The normalized spacial score (nSPS) is 11.1. The predicted molar refractivity (Wildman–Crippen MR) is 108 cm³/mol. The van der Waals surface area contributed by atoms with Crippen LogP contribution in [0.25, 0.3) is 16.7 Å². The Bertz CT molecular complexity index is 1130. The number of methoxy groups -OCH3 is 1. The van der Waals surface area contributed by atoms with Crippen LogP contribution in [0.4, 0.5) is 10.1 Å². The van der Waals surface area contributed by atoms with E-state index in [4.69, 9.17) is 15.2 Å². The van der Waals surface area contributed by atoms with Crippen molar-refractivity contribution in [2.45, 2.75) is 6.42 Å². The molecule has 2 N–H and O–H groups in total. The molecule has 0 bridgehead atoms. The molecule has 0 aliphatic heterocycles. The molecule has 29 heavy (non-hydrogen) atoms. The van der Waals surface area contributed by atoms with E-state index in [1.54, 1.807) is 25.4 Å². The standard InChI is InChI=1S/C21H20FN5O2/c1-28-8-9-29-17-6-2-14(3-7-17)10-20-24-13-18(22)21(26-20)27-19-11-16(23)5-4-15(19)12-25-27/h2-7,11-13H,8-10,23H2,1H3. The van der Waals surface area contributed by atoms with E-state index in [0.717, 1.165) is 16.7 Å². The summed E-state index contributed by atoms with van der Waals surface area (Å²) >= 11 is 0. The van der Waals surface area contributed by atoms with Crippen molar-refractivity contribution in [2.75, 3.05) is 26.1 Å². The second-order valence-corrected chi connectivity index (χ2v) is 6.49. The number of nitrogens with zero attached hydrogens (tertiary/aromatic N) is 4. The smallest absolute Gasteiger partial charge is 0.193 e. The first-order valence-corrected chi connectivity index (χ1v) is 9.10. The summed E-state index contributed by atoms with van der Waals surface area (Å²) in [7, 11) is 1.63. The molecule has 4 rings (SSSR count). The second kappa shape index (κ2) is 8.24. The van der Waals surface area contributed by atoms with Gasteiger partial charge in [0.05, 0.1) is 24.5 Å². The first kappa shape index (κ1) is 18.8. The highest BCUT2D eigenvalue weighted by Gasteiger charge is 2.14. The fourth-order valence-corrected chi connectivity index (χ4v) is 2.96. The van der Waals surface area contributed by atoms with E-state index < -0.39 is 5.82 Å². The average molecular weight is 393 g/mol. The van der Waals surface area contributed by atoms with Crippen LogP contribution in [0, 0.1) is 5.82 Å². The number of hydrogen-bond donors (Lipinski definition) is 1. The van der Waals surface area contributed by atoms with Crippen molar-refractivity contribution in [1.29, 1.82) is 0 Å². The van der Waals surface area contributed by atoms with Gasteiger partial charge in [-0.2, -0.15) is 5.10 Å². The van der Waals surface area contributed by atoms with E-state index in [9.17, 15) is 4.39 Å². The highest BCUT2D eigenvalue weighted by molar-refractivity contribution is 5.83. The Labute approximate surface area is 166 Å². The van der Waals surface area contributed by atoms with Crippen molar-refractivity contribution in [3.63, 3.8) is 0 Å². The number of hydrogen-bond acceptors (Lipinski definition) is 6. The number of fused-ring (bicyclic) bond motifs is 1. The van der Waals surface area contributed by atoms with Crippen LogP contribution < -0.4 is 10.5 Å². The number of anilines is 1. The summed E-state index contributed by atoms with van der Waals surface area (Å²) in [6.07, 6.45) is 3.27. The zero-order valence-corrected chi connectivity index (χ0v) is 15.9. The molecule has 0 aliphatic carbocycles. The number of nitrogens with two attached hydrogens (primary N) is 1. The molecule has 0 radical (unpaired) electrons. The van der Waals surface area contributed by atoms with E-state index >= 15 is 0 Å². The Kier molecular flexibility index (Phi) is 5.35. The molecule has 148 valence electrons. The molecule has 4 aromatic rings. The number of ether oxygens (including phenoxy) is 2. The largest absolute Gasteiger partial charge is 0.491 e. The van der Waals surface area contributed by atoms with Crippen LogP contribution in [0.5, 0.6) is 5.75 Å². The maximum Gasteiger partial charge on any atom is 0.193 e. The molecule has 8 heteroatoms. The summed E-state index contributed by atoms with van der Waals surface area (Å²) in [5.74, 6) is 0.785. The van der Waals surface area contributed by atoms with Gasteiger partial charge >= 0.3 is 0 Å². The Hall–Kier alpha value is -3.52. The molecule has 0 spiro atoms. The maximum atomic E-state index is 14.5. The van der Waals surface area contributed by atoms with Gasteiger partial charge in [0, 0.05) is 24.6 Å². The highest BCUT2D eigenvalue weighted by atomic mass is 19.1. The number of aromatic nitrogens is 4. The van der Waals surface area contributed by atoms with Crippen molar-refractivity contribution in [1.82, 2.24) is 19.7 Å². The molecule has 2 heterocycles. The van der Waals surface area contributed by atoms with Crippen LogP contribution in [0.15, 0.2) is 54.9 Å². The van der Waals surface area contributed by atoms with E-state index in [2.05, 4.69) is 15.1 Å². The number of nitrogen functional groups attached to an aromatic ring is 1. The molecule has 2 aromatic heterocycles. The van der Waals surface area contributed by atoms with Crippen molar-refractivity contribution in [3.05, 3.63) is 72.1 Å². The lowest BCUT2D eigenvalue weighted by molar-refractivity contribution is 0.146. The first-order valence-electron chi connectivity index (χ1n) is 9.10. The fourth-order valence-electron chi connectivity index (χ4n) is 2.96. The minimum Gasteiger partial charge on any atom is -0.491 e. The van der Waals surface area contributed by atoms with Crippen molar-refractivity contribution in [2.24, 2.45) is 0 Å². The molecule has 7 nitrogen and oxygen atoms in total. The molecule has 0 unspecified atom stereocenters. The third kappa shape index (κ3) is 4.17. The molecule has 0 aliphatic rings. The van der Waals surface area contributed by atoms with Crippen LogP contribution in [0.1, 0.15) is 11.4 Å². The third-order valence-electron chi connectivity index (χ3n) is 4.41. The SMILES string of the molecule is COCCOc1ccc(Cc2ncc(F)c(-n3ncc4ccc(N)cc43)n2)cc1. The van der Waals surface area contributed by atoms with E-state index in [1.165, 1.54) is 10.9 Å². The lowest BCUT2D eigenvalue weighted by Crippen LogP contribution is -2.08.